The Morgan fingerprint density at radius 3 is 2.71 bits per heavy atom. The molecule has 2 aromatic heterocycles. The molecule has 0 bridgehead atoms. The summed E-state index contributed by atoms with van der Waals surface area (Å²) in [4.78, 5) is 13.0. The maximum Gasteiger partial charge on any atom is 0.125 e. The van der Waals surface area contributed by atoms with Crippen LogP contribution in [0.25, 0.3) is 10.9 Å². The van der Waals surface area contributed by atoms with Crippen molar-refractivity contribution in [1.29, 1.82) is 0 Å². The number of nitrogens with one attached hydrogen (secondary N) is 1. The summed E-state index contributed by atoms with van der Waals surface area (Å²) in [5, 5.41) is 4.59. The molecule has 4 nitrogen and oxygen atoms in total. The average molecular weight is 278 g/mol. The second-order valence-electron chi connectivity index (χ2n) is 5.18. The Bertz CT molecular complexity index is 768. The van der Waals surface area contributed by atoms with Gasteiger partial charge in [0.2, 0.25) is 0 Å². The SMILES string of the molecule is Cc1ccc2cc(CNCc3ccnc(C)n3)ccc2n1. The van der Waals surface area contributed by atoms with Crippen LogP contribution in [0.1, 0.15) is 22.8 Å². The lowest BCUT2D eigenvalue weighted by atomic mass is 10.1. The van der Waals surface area contributed by atoms with Gasteiger partial charge in [0.25, 0.3) is 0 Å². The van der Waals surface area contributed by atoms with Gasteiger partial charge in [0.1, 0.15) is 5.82 Å². The molecule has 0 aliphatic carbocycles. The van der Waals surface area contributed by atoms with Gasteiger partial charge in [0.15, 0.2) is 0 Å². The Hall–Kier alpha value is -2.33. The number of fused-ring (bicyclic) bond motifs is 1. The molecule has 0 fully saturated rings. The van der Waals surface area contributed by atoms with E-state index in [1.165, 1.54) is 10.9 Å². The maximum atomic E-state index is 4.52. The monoisotopic (exact) mass is 278 g/mol. The van der Waals surface area contributed by atoms with E-state index in [9.17, 15) is 0 Å². The largest absolute Gasteiger partial charge is 0.307 e. The minimum Gasteiger partial charge on any atom is -0.307 e. The van der Waals surface area contributed by atoms with Gasteiger partial charge in [-0.05, 0) is 43.7 Å². The van der Waals surface area contributed by atoms with Crippen LogP contribution in [0.4, 0.5) is 0 Å². The van der Waals surface area contributed by atoms with E-state index in [0.717, 1.165) is 35.8 Å². The maximum absolute atomic E-state index is 4.52. The third kappa shape index (κ3) is 3.41. The van der Waals surface area contributed by atoms with E-state index in [1.54, 1.807) is 6.20 Å². The molecule has 0 spiro atoms. The highest BCUT2D eigenvalue weighted by Gasteiger charge is 2.00. The van der Waals surface area contributed by atoms with Crippen molar-refractivity contribution in [2.45, 2.75) is 26.9 Å². The molecule has 0 amide bonds. The van der Waals surface area contributed by atoms with E-state index in [1.807, 2.05) is 26.0 Å². The Kier molecular flexibility index (Phi) is 3.88. The number of benzene rings is 1. The third-order valence-electron chi connectivity index (χ3n) is 3.36. The second kappa shape index (κ2) is 5.97. The zero-order valence-corrected chi connectivity index (χ0v) is 12.3. The van der Waals surface area contributed by atoms with Crippen molar-refractivity contribution in [3.63, 3.8) is 0 Å². The standard InChI is InChI=1S/C17H18N4/c1-12-3-5-15-9-14(4-6-17(15)20-12)10-18-11-16-7-8-19-13(2)21-16/h3-9,18H,10-11H2,1-2H3. The summed E-state index contributed by atoms with van der Waals surface area (Å²) < 4.78 is 0. The second-order valence-corrected chi connectivity index (χ2v) is 5.18. The van der Waals surface area contributed by atoms with Crippen LogP contribution in [-0.4, -0.2) is 15.0 Å². The molecular weight excluding hydrogens is 260 g/mol. The molecule has 3 aromatic rings. The van der Waals surface area contributed by atoms with Crippen LogP contribution in [0.15, 0.2) is 42.6 Å². The molecule has 0 radical (unpaired) electrons. The fourth-order valence-electron chi connectivity index (χ4n) is 2.33. The van der Waals surface area contributed by atoms with Crippen molar-refractivity contribution < 1.29 is 0 Å². The summed E-state index contributed by atoms with van der Waals surface area (Å²) in [6.07, 6.45) is 1.80. The minimum atomic E-state index is 0.744. The zero-order valence-electron chi connectivity index (χ0n) is 12.3. The van der Waals surface area contributed by atoms with Crippen LogP contribution in [-0.2, 0) is 13.1 Å². The molecule has 1 aromatic carbocycles. The van der Waals surface area contributed by atoms with Crippen molar-refractivity contribution in [2.75, 3.05) is 0 Å². The minimum absolute atomic E-state index is 0.744. The van der Waals surface area contributed by atoms with Gasteiger partial charge in [-0.2, -0.15) is 0 Å². The summed E-state index contributed by atoms with van der Waals surface area (Å²) in [6, 6.07) is 12.5. The highest BCUT2D eigenvalue weighted by atomic mass is 14.9. The first-order valence-electron chi connectivity index (χ1n) is 7.06. The van der Waals surface area contributed by atoms with Gasteiger partial charge in [-0.25, -0.2) is 9.97 Å². The number of nitrogens with zero attached hydrogens (tertiary/aromatic N) is 3. The normalized spacial score (nSPS) is 11.0. The molecule has 1 N–H and O–H groups in total. The third-order valence-corrected chi connectivity index (χ3v) is 3.36. The van der Waals surface area contributed by atoms with Crippen LogP contribution < -0.4 is 5.32 Å². The molecule has 0 saturated carbocycles. The Balaban J connectivity index is 1.66. The number of aryl methyl sites for hydroxylation is 2. The highest BCUT2D eigenvalue weighted by Crippen LogP contribution is 2.14. The molecule has 0 aliphatic rings. The fourth-order valence-corrected chi connectivity index (χ4v) is 2.33. The zero-order chi connectivity index (χ0) is 14.7. The lowest BCUT2D eigenvalue weighted by molar-refractivity contribution is 0.675. The van der Waals surface area contributed by atoms with Crippen molar-refractivity contribution in [1.82, 2.24) is 20.3 Å². The highest BCUT2D eigenvalue weighted by molar-refractivity contribution is 5.79. The smallest absolute Gasteiger partial charge is 0.125 e. The molecule has 0 saturated heterocycles. The molecule has 0 unspecified atom stereocenters. The van der Waals surface area contributed by atoms with Crippen LogP contribution in [0.3, 0.4) is 0 Å². The first kappa shape index (κ1) is 13.6. The Morgan fingerprint density at radius 1 is 0.952 bits per heavy atom. The van der Waals surface area contributed by atoms with Crippen molar-refractivity contribution in [2.24, 2.45) is 0 Å². The van der Waals surface area contributed by atoms with Crippen LogP contribution >= 0.6 is 0 Å². The first-order valence-corrected chi connectivity index (χ1v) is 7.06. The quantitative estimate of drug-likeness (QED) is 0.797. The molecule has 0 aliphatic heterocycles. The van der Waals surface area contributed by atoms with Gasteiger partial charge in [-0.3, -0.25) is 4.98 Å². The fraction of sp³-hybridized carbons (Fsp3) is 0.235. The van der Waals surface area contributed by atoms with Crippen molar-refractivity contribution in [3.05, 3.63) is 65.4 Å². The Labute approximate surface area is 124 Å². The van der Waals surface area contributed by atoms with Gasteiger partial charge in [0, 0.05) is 30.4 Å². The van der Waals surface area contributed by atoms with Gasteiger partial charge in [0.05, 0.1) is 11.2 Å². The van der Waals surface area contributed by atoms with E-state index in [0.29, 0.717) is 0 Å². The number of hydrogen-bond donors (Lipinski definition) is 1. The molecule has 21 heavy (non-hydrogen) atoms. The summed E-state index contributed by atoms with van der Waals surface area (Å²) in [5.74, 6) is 0.807. The van der Waals surface area contributed by atoms with E-state index >= 15 is 0 Å². The lowest BCUT2D eigenvalue weighted by Gasteiger charge is -2.06. The van der Waals surface area contributed by atoms with Crippen LogP contribution in [0, 0.1) is 13.8 Å². The molecular formula is C17H18N4. The molecule has 106 valence electrons. The van der Waals surface area contributed by atoms with Crippen molar-refractivity contribution in [3.8, 4) is 0 Å². The number of pyridine rings is 1. The van der Waals surface area contributed by atoms with E-state index in [4.69, 9.17) is 0 Å². The number of rotatable bonds is 4. The summed E-state index contributed by atoms with van der Waals surface area (Å²) in [6.45, 7) is 5.47. The molecule has 3 rings (SSSR count). The van der Waals surface area contributed by atoms with Gasteiger partial charge in [-0.1, -0.05) is 12.1 Å². The van der Waals surface area contributed by atoms with Crippen molar-refractivity contribution >= 4 is 10.9 Å². The summed E-state index contributed by atoms with van der Waals surface area (Å²) >= 11 is 0. The van der Waals surface area contributed by atoms with E-state index < -0.39 is 0 Å². The molecule has 0 atom stereocenters. The Morgan fingerprint density at radius 2 is 1.86 bits per heavy atom. The van der Waals surface area contributed by atoms with Gasteiger partial charge in [-0.15, -0.1) is 0 Å². The average Bonchev–Trinajstić information content (AvgIpc) is 2.47. The predicted octanol–water partition coefficient (Wildman–Crippen LogP) is 2.93. The lowest BCUT2D eigenvalue weighted by Crippen LogP contribution is -2.14. The topological polar surface area (TPSA) is 50.7 Å². The van der Waals surface area contributed by atoms with Crippen LogP contribution in [0.5, 0.6) is 0 Å². The number of aromatic nitrogens is 3. The summed E-state index contributed by atoms with van der Waals surface area (Å²) in [5.41, 5.74) is 4.36. The van der Waals surface area contributed by atoms with E-state index in [2.05, 4.69) is 44.5 Å². The summed E-state index contributed by atoms with van der Waals surface area (Å²) in [7, 11) is 0. The van der Waals surface area contributed by atoms with Gasteiger partial charge < -0.3 is 5.32 Å². The molecule has 2 heterocycles. The first-order chi connectivity index (χ1) is 10.2. The predicted molar refractivity (Wildman–Crippen MR) is 83.8 cm³/mol. The van der Waals surface area contributed by atoms with Crippen LogP contribution in [0.2, 0.25) is 0 Å². The molecule has 4 heteroatoms. The van der Waals surface area contributed by atoms with Gasteiger partial charge >= 0.3 is 0 Å². The number of hydrogen-bond acceptors (Lipinski definition) is 4. The van der Waals surface area contributed by atoms with E-state index in [-0.39, 0.29) is 0 Å².